The Morgan fingerprint density at radius 1 is 1.21 bits per heavy atom. The number of alkyl halides is 2. The second-order valence-electron chi connectivity index (χ2n) is 7.90. The summed E-state index contributed by atoms with van der Waals surface area (Å²) in [7, 11) is 0. The van der Waals surface area contributed by atoms with Gasteiger partial charge in [0.25, 0.3) is 5.91 Å². The number of benzene rings is 2. The predicted molar refractivity (Wildman–Crippen MR) is 129 cm³/mol. The zero-order chi connectivity index (χ0) is 24.0. The Hall–Kier alpha value is -2.55. The van der Waals surface area contributed by atoms with Crippen LogP contribution in [0.4, 0.5) is 4.39 Å². The monoisotopic (exact) mass is 492 g/mol. The smallest absolute Gasteiger partial charge is 0.251 e. The van der Waals surface area contributed by atoms with Gasteiger partial charge in [-0.05, 0) is 59.7 Å². The van der Waals surface area contributed by atoms with Gasteiger partial charge in [-0.3, -0.25) is 4.79 Å². The van der Waals surface area contributed by atoms with Gasteiger partial charge >= 0.3 is 0 Å². The van der Waals surface area contributed by atoms with Gasteiger partial charge in [0.05, 0.1) is 11.6 Å². The van der Waals surface area contributed by atoms with Crippen LogP contribution in [-0.4, -0.2) is 57.3 Å². The third kappa shape index (κ3) is 6.50. The minimum Gasteiger partial charge on any atom is -0.348 e. The number of nitrogens with zero attached hydrogens (tertiary/aromatic N) is 4. The summed E-state index contributed by atoms with van der Waals surface area (Å²) in [5.74, 6) is 0.337. The molecule has 3 aromatic rings. The van der Waals surface area contributed by atoms with Gasteiger partial charge in [-0.25, -0.2) is 4.39 Å². The number of hydrogen-bond acceptors (Lipinski definition) is 5. The van der Waals surface area contributed by atoms with Crippen LogP contribution < -0.4 is 10.6 Å². The standard InChI is InChI=1S/C23H27Cl2FN6O/c1-4-22-29-30-31-32(22)19-9-16(20-6-5-14(2)7-21(20)25)8-17(10-19)23(33)28-15(3)12-27-13-18(26)11-24/h5-10,15,18,27H,4,11-13H2,1-3H3,(H,28,33)/t15?,18-/m0/s1. The second-order valence-corrected chi connectivity index (χ2v) is 8.61. The van der Waals surface area contributed by atoms with E-state index in [-0.39, 0.29) is 24.4 Å². The van der Waals surface area contributed by atoms with Gasteiger partial charge in [-0.15, -0.1) is 16.7 Å². The van der Waals surface area contributed by atoms with Gasteiger partial charge in [0.15, 0.2) is 5.82 Å². The van der Waals surface area contributed by atoms with E-state index in [0.717, 1.165) is 16.7 Å². The minimum absolute atomic E-state index is 0.0677. The van der Waals surface area contributed by atoms with E-state index >= 15 is 0 Å². The summed E-state index contributed by atoms with van der Waals surface area (Å²) >= 11 is 12.0. The molecule has 7 nitrogen and oxygen atoms in total. The largest absolute Gasteiger partial charge is 0.348 e. The van der Waals surface area contributed by atoms with Gasteiger partial charge in [0.2, 0.25) is 0 Å². The molecular formula is C23H27Cl2FN6O. The normalized spacial score (nSPS) is 13.0. The van der Waals surface area contributed by atoms with Crippen LogP contribution in [-0.2, 0) is 6.42 Å². The maximum atomic E-state index is 13.3. The summed E-state index contributed by atoms with van der Waals surface area (Å²) in [5, 5.41) is 18.4. The highest BCUT2D eigenvalue weighted by atomic mass is 35.5. The molecule has 0 aliphatic carbocycles. The molecule has 2 atom stereocenters. The molecule has 2 aromatic carbocycles. The Morgan fingerprint density at radius 3 is 2.70 bits per heavy atom. The molecule has 0 aliphatic rings. The number of hydrogen-bond donors (Lipinski definition) is 2. The maximum absolute atomic E-state index is 13.3. The average molecular weight is 493 g/mol. The SMILES string of the molecule is CCc1nnnn1-c1cc(C(=O)NC(C)CNC[C@@H](F)CCl)cc(-c2ccc(C)cc2Cl)c1. The summed E-state index contributed by atoms with van der Waals surface area (Å²) in [6.45, 7) is 6.31. The summed E-state index contributed by atoms with van der Waals surface area (Å²) in [5.41, 5.74) is 3.71. The van der Waals surface area contributed by atoms with Gasteiger partial charge in [0, 0.05) is 41.7 Å². The molecule has 1 aromatic heterocycles. The third-order valence-corrected chi connectivity index (χ3v) is 5.72. The molecule has 176 valence electrons. The molecule has 33 heavy (non-hydrogen) atoms. The molecule has 2 N–H and O–H groups in total. The quantitative estimate of drug-likeness (QED) is 0.415. The van der Waals surface area contributed by atoms with Gasteiger partial charge in [-0.2, -0.15) is 4.68 Å². The first-order valence-electron chi connectivity index (χ1n) is 10.7. The molecule has 0 aliphatic heterocycles. The van der Waals surface area contributed by atoms with Crippen LogP contribution >= 0.6 is 23.2 Å². The highest BCUT2D eigenvalue weighted by Gasteiger charge is 2.17. The van der Waals surface area contributed by atoms with E-state index < -0.39 is 6.17 Å². The van der Waals surface area contributed by atoms with Gasteiger partial charge in [0.1, 0.15) is 6.17 Å². The first-order chi connectivity index (χ1) is 15.8. The zero-order valence-corrected chi connectivity index (χ0v) is 20.3. The molecule has 3 rings (SSSR count). The Balaban J connectivity index is 1.91. The lowest BCUT2D eigenvalue weighted by Gasteiger charge is -2.17. The number of tetrazole rings is 1. The van der Waals surface area contributed by atoms with E-state index in [1.54, 1.807) is 16.8 Å². The summed E-state index contributed by atoms with van der Waals surface area (Å²) in [6.07, 6.45) is -0.498. The molecule has 0 bridgehead atoms. The Kier molecular flexibility index (Phi) is 8.77. The molecule has 0 spiro atoms. The van der Waals surface area contributed by atoms with E-state index in [2.05, 4.69) is 26.2 Å². The van der Waals surface area contributed by atoms with Crippen molar-refractivity contribution in [3.63, 3.8) is 0 Å². The van der Waals surface area contributed by atoms with Crippen molar-refractivity contribution in [3.8, 4) is 16.8 Å². The highest BCUT2D eigenvalue weighted by Crippen LogP contribution is 2.31. The number of carbonyl (C=O) groups excluding carboxylic acids is 1. The van der Waals surface area contributed by atoms with Crippen LogP contribution in [0.5, 0.6) is 0 Å². The number of halogens is 3. The average Bonchev–Trinajstić information content (AvgIpc) is 3.27. The lowest BCUT2D eigenvalue weighted by Crippen LogP contribution is -2.41. The van der Waals surface area contributed by atoms with Crippen molar-refractivity contribution in [2.75, 3.05) is 19.0 Å². The first kappa shape index (κ1) is 25.1. The van der Waals surface area contributed by atoms with E-state index in [0.29, 0.717) is 35.1 Å². The molecular weight excluding hydrogens is 466 g/mol. The number of aromatic nitrogens is 4. The maximum Gasteiger partial charge on any atom is 0.251 e. The topological polar surface area (TPSA) is 84.7 Å². The second kappa shape index (κ2) is 11.5. The van der Waals surface area contributed by atoms with E-state index in [1.165, 1.54) is 0 Å². The first-order valence-corrected chi connectivity index (χ1v) is 11.6. The molecule has 0 radical (unpaired) electrons. The summed E-state index contributed by atoms with van der Waals surface area (Å²) < 4.78 is 14.9. The fraction of sp³-hybridized carbons (Fsp3) is 0.391. The van der Waals surface area contributed by atoms with E-state index in [4.69, 9.17) is 23.2 Å². The van der Waals surface area contributed by atoms with Crippen molar-refractivity contribution < 1.29 is 9.18 Å². The van der Waals surface area contributed by atoms with E-state index in [1.807, 2.05) is 45.0 Å². The number of aryl methyl sites for hydroxylation is 2. The fourth-order valence-corrected chi connectivity index (χ4v) is 3.82. The molecule has 1 amide bonds. The Labute approximate surface area is 202 Å². The number of nitrogens with one attached hydrogen (secondary N) is 2. The van der Waals surface area contributed by atoms with Crippen molar-refractivity contribution in [2.45, 2.75) is 39.4 Å². The highest BCUT2D eigenvalue weighted by molar-refractivity contribution is 6.33. The molecule has 1 unspecified atom stereocenters. The lowest BCUT2D eigenvalue weighted by molar-refractivity contribution is 0.0939. The van der Waals surface area contributed by atoms with Crippen LogP contribution in [0, 0.1) is 6.92 Å². The van der Waals surface area contributed by atoms with Crippen molar-refractivity contribution in [1.82, 2.24) is 30.8 Å². The van der Waals surface area contributed by atoms with Crippen molar-refractivity contribution in [3.05, 3.63) is 58.4 Å². The van der Waals surface area contributed by atoms with Crippen molar-refractivity contribution in [1.29, 1.82) is 0 Å². The van der Waals surface area contributed by atoms with Gasteiger partial charge < -0.3 is 10.6 Å². The number of carbonyl (C=O) groups is 1. The van der Waals surface area contributed by atoms with Crippen LogP contribution in [0.1, 0.15) is 35.6 Å². The zero-order valence-electron chi connectivity index (χ0n) is 18.8. The summed E-state index contributed by atoms with van der Waals surface area (Å²) in [6, 6.07) is 11.0. The molecule has 0 fully saturated rings. The molecule has 0 saturated carbocycles. The van der Waals surface area contributed by atoms with Crippen molar-refractivity contribution >= 4 is 29.1 Å². The molecule has 0 saturated heterocycles. The van der Waals surface area contributed by atoms with Crippen LogP contribution in [0.25, 0.3) is 16.8 Å². The Morgan fingerprint density at radius 2 is 2.00 bits per heavy atom. The Bertz CT molecular complexity index is 1110. The predicted octanol–water partition coefficient (Wildman–Crippen LogP) is 4.14. The summed E-state index contributed by atoms with van der Waals surface area (Å²) in [4.78, 5) is 13.1. The van der Waals surface area contributed by atoms with Crippen molar-refractivity contribution in [2.24, 2.45) is 0 Å². The van der Waals surface area contributed by atoms with Crippen LogP contribution in [0.2, 0.25) is 5.02 Å². The number of rotatable bonds is 10. The third-order valence-electron chi connectivity index (χ3n) is 5.07. The molecule has 10 heteroatoms. The van der Waals surface area contributed by atoms with E-state index in [9.17, 15) is 9.18 Å². The molecule has 1 heterocycles. The fourth-order valence-electron chi connectivity index (χ4n) is 3.37. The number of amides is 1. The minimum atomic E-state index is -1.13. The van der Waals surface area contributed by atoms with Crippen LogP contribution in [0.15, 0.2) is 36.4 Å². The van der Waals surface area contributed by atoms with Crippen LogP contribution in [0.3, 0.4) is 0 Å². The lowest BCUT2D eigenvalue weighted by atomic mass is 10.00. The van der Waals surface area contributed by atoms with Gasteiger partial charge in [-0.1, -0.05) is 30.7 Å².